The van der Waals surface area contributed by atoms with Gasteiger partial charge in [0.05, 0.1) is 9.71 Å². The standard InChI is InChI=1S/C16H15N3O2S2/c1-3-6-22-16-14-15(23-9(2)17-14)13(18-19-16)10-4-5-11-12(7-10)21-8-20-11/h4-5,7H,3,6,8H2,1-2H3. The van der Waals surface area contributed by atoms with E-state index in [1.165, 1.54) is 0 Å². The number of hydrogen-bond donors (Lipinski definition) is 0. The highest BCUT2D eigenvalue weighted by molar-refractivity contribution is 7.99. The van der Waals surface area contributed by atoms with Crippen LogP contribution in [0.3, 0.4) is 0 Å². The quantitative estimate of drug-likeness (QED) is 0.657. The van der Waals surface area contributed by atoms with E-state index >= 15 is 0 Å². The third-order valence-electron chi connectivity index (χ3n) is 3.48. The van der Waals surface area contributed by atoms with Gasteiger partial charge in [0, 0.05) is 5.56 Å². The van der Waals surface area contributed by atoms with Crippen LogP contribution < -0.4 is 9.47 Å². The molecule has 0 N–H and O–H groups in total. The van der Waals surface area contributed by atoms with Crippen molar-refractivity contribution in [1.82, 2.24) is 15.2 Å². The molecule has 2 aromatic heterocycles. The minimum absolute atomic E-state index is 0.270. The lowest BCUT2D eigenvalue weighted by Gasteiger charge is -2.05. The van der Waals surface area contributed by atoms with Gasteiger partial charge in [-0.15, -0.1) is 33.3 Å². The van der Waals surface area contributed by atoms with E-state index < -0.39 is 0 Å². The van der Waals surface area contributed by atoms with Gasteiger partial charge < -0.3 is 9.47 Å². The predicted octanol–water partition coefficient (Wildman–Crippen LogP) is 4.29. The molecule has 3 heterocycles. The maximum Gasteiger partial charge on any atom is 0.231 e. The molecule has 0 atom stereocenters. The zero-order valence-electron chi connectivity index (χ0n) is 12.8. The lowest BCUT2D eigenvalue weighted by molar-refractivity contribution is 0.174. The molecule has 3 aromatic rings. The Hall–Kier alpha value is -1.86. The molecule has 0 fully saturated rings. The van der Waals surface area contributed by atoms with Crippen LogP contribution in [0.25, 0.3) is 21.5 Å². The zero-order chi connectivity index (χ0) is 15.8. The topological polar surface area (TPSA) is 57.1 Å². The van der Waals surface area contributed by atoms with Crippen LogP contribution in [-0.4, -0.2) is 27.7 Å². The van der Waals surface area contributed by atoms with Gasteiger partial charge in [-0.05, 0) is 37.3 Å². The Kier molecular flexibility index (Phi) is 3.82. The summed E-state index contributed by atoms with van der Waals surface area (Å²) in [6.45, 7) is 4.44. The molecule has 0 bridgehead atoms. The molecule has 1 aliphatic heterocycles. The molecule has 0 saturated carbocycles. The second-order valence-corrected chi connectivity index (χ2v) is 7.47. The monoisotopic (exact) mass is 345 g/mol. The highest BCUT2D eigenvalue weighted by Crippen LogP contribution is 2.39. The fourth-order valence-corrected chi connectivity index (χ4v) is 4.22. The Morgan fingerprint density at radius 2 is 2.09 bits per heavy atom. The Labute approximate surface area is 142 Å². The van der Waals surface area contributed by atoms with Gasteiger partial charge in [-0.1, -0.05) is 6.92 Å². The number of rotatable bonds is 4. The predicted molar refractivity (Wildman–Crippen MR) is 92.5 cm³/mol. The smallest absolute Gasteiger partial charge is 0.231 e. The number of benzene rings is 1. The lowest BCUT2D eigenvalue weighted by Crippen LogP contribution is -1.93. The Morgan fingerprint density at radius 1 is 1.22 bits per heavy atom. The van der Waals surface area contributed by atoms with Gasteiger partial charge in [0.1, 0.15) is 16.2 Å². The average molecular weight is 345 g/mol. The van der Waals surface area contributed by atoms with E-state index in [2.05, 4.69) is 22.1 Å². The van der Waals surface area contributed by atoms with Crippen molar-refractivity contribution in [2.24, 2.45) is 0 Å². The highest BCUT2D eigenvalue weighted by atomic mass is 32.2. The molecule has 23 heavy (non-hydrogen) atoms. The molecule has 5 nitrogen and oxygen atoms in total. The van der Waals surface area contributed by atoms with E-state index in [0.717, 1.165) is 55.2 Å². The van der Waals surface area contributed by atoms with Gasteiger partial charge in [0.15, 0.2) is 11.5 Å². The second-order valence-electron chi connectivity index (χ2n) is 5.18. The van der Waals surface area contributed by atoms with Crippen LogP contribution in [0.5, 0.6) is 11.5 Å². The van der Waals surface area contributed by atoms with Crippen molar-refractivity contribution in [3.63, 3.8) is 0 Å². The molecule has 7 heteroatoms. The van der Waals surface area contributed by atoms with Crippen molar-refractivity contribution < 1.29 is 9.47 Å². The molecule has 0 amide bonds. The van der Waals surface area contributed by atoms with Crippen molar-refractivity contribution in [2.75, 3.05) is 12.5 Å². The molecule has 0 spiro atoms. The minimum Gasteiger partial charge on any atom is -0.454 e. The van der Waals surface area contributed by atoms with E-state index in [-0.39, 0.29) is 6.79 Å². The second kappa shape index (κ2) is 5.98. The van der Waals surface area contributed by atoms with Crippen LogP contribution in [0.2, 0.25) is 0 Å². The Morgan fingerprint density at radius 3 is 2.96 bits per heavy atom. The Bertz CT molecular complexity index is 879. The number of thiazole rings is 1. The van der Waals surface area contributed by atoms with Crippen LogP contribution in [-0.2, 0) is 0 Å². The maximum absolute atomic E-state index is 5.47. The molecule has 0 unspecified atom stereocenters. The fourth-order valence-electron chi connectivity index (χ4n) is 2.45. The van der Waals surface area contributed by atoms with Crippen molar-refractivity contribution in [2.45, 2.75) is 25.3 Å². The van der Waals surface area contributed by atoms with E-state index in [4.69, 9.17) is 9.47 Å². The van der Waals surface area contributed by atoms with Crippen molar-refractivity contribution >= 4 is 33.3 Å². The van der Waals surface area contributed by atoms with E-state index in [1.807, 2.05) is 25.1 Å². The summed E-state index contributed by atoms with van der Waals surface area (Å²) in [6, 6.07) is 5.86. The molecule has 0 saturated heterocycles. The number of hydrogen-bond acceptors (Lipinski definition) is 7. The van der Waals surface area contributed by atoms with Crippen molar-refractivity contribution in [1.29, 1.82) is 0 Å². The molecule has 0 aliphatic carbocycles. The van der Waals surface area contributed by atoms with Crippen LogP contribution >= 0.6 is 23.1 Å². The van der Waals surface area contributed by atoms with Crippen molar-refractivity contribution in [3.05, 3.63) is 23.2 Å². The van der Waals surface area contributed by atoms with Gasteiger partial charge in [-0.3, -0.25) is 0 Å². The average Bonchev–Trinajstić information content (AvgIpc) is 3.17. The number of aromatic nitrogens is 3. The fraction of sp³-hybridized carbons (Fsp3) is 0.312. The number of aryl methyl sites for hydroxylation is 1. The summed E-state index contributed by atoms with van der Waals surface area (Å²) < 4.78 is 11.9. The first kappa shape index (κ1) is 14.7. The van der Waals surface area contributed by atoms with Gasteiger partial charge >= 0.3 is 0 Å². The molecule has 1 aromatic carbocycles. The third kappa shape index (κ3) is 2.64. The van der Waals surface area contributed by atoms with Crippen LogP contribution in [0, 0.1) is 6.92 Å². The minimum atomic E-state index is 0.270. The lowest BCUT2D eigenvalue weighted by atomic mass is 10.1. The van der Waals surface area contributed by atoms with Crippen LogP contribution in [0.4, 0.5) is 0 Å². The summed E-state index contributed by atoms with van der Waals surface area (Å²) in [5, 5.41) is 10.8. The summed E-state index contributed by atoms with van der Waals surface area (Å²) in [5.41, 5.74) is 2.78. The van der Waals surface area contributed by atoms with Gasteiger partial charge in [0.2, 0.25) is 6.79 Å². The number of ether oxygens (including phenoxy) is 2. The normalized spacial score (nSPS) is 13.0. The molecular weight excluding hydrogens is 330 g/mol. The SMILES string of the molecule is CCCSc1nnc(-c2ccc3c(c2)OCO3)c2sc(C)nc12. The molecule has 118 valence electrons. The zero-order valence-corrected chi connectivity index (χ0v) is 14.5. The van der Waals surface area contributed by atoms with E-state index in [9.17, 15) is 0 Å². The Balaban J connectivity index is 1.84. The number of thioether (sulfide) groups is 1. The molecule has 4 rings (SSSR count). The van der Waals surface area contributed by atoms with Gasteiger partial charge in [-0.25, -0.2) is 4.98 Å². The van der Waals surface area contributed by atoms with Crippen molar-refractivity contribution in [3.8, 4) is 22.8 Å². The third-order valence-corrected chi connectivity index (χ3v) is 5.62. The summed E-state index contributed by atoms with van der Waals surface area (Å²) in [6.07, 6.45) is 1.10. The van der Waals surface area contributed by atoms with Gasteiger partial charge in [-0.2, -0.15) is 0 Å². The first-order chi connectivity index (χ1) is 11.3. The first-order valence-electron chi connectivity index (χ1n) is 7.43. The van der Waals surface area contributed by atoms with E-state index in [1.54, 1.807) is 23.1 Å². The first-order valence-corrected chi connectivity index (χ1v) is 9.23. The maximum atomic E-state index is 5.47. The summed E-state index contributed by atoms with van der Waals surface area (Å²) in [5.74, 6) is 2.54. The highest BCUT2D eigenvalue weighted by Gasteiger charge is 2.19. The largest absolute Gasteiger partial charge is 0.454 e. The number of nitrogens with zero attached hydrogens (tertiary/aromatic N) is 3. The summed E-state index contributed by atoms with van der Waals surface area (Å²) in [7, 11) is 0. The van der Waals surface area contributed by atoms with Gasteiger partial charge in [0.25, 0.3) is 0 Å². The van der Waals surface area contributed by atoms with E-state index in [0.29, 0.717) is 0 Å². The molecular formula is C16H15N3O2S2. The summed E-state index contributed by atoms with van der Waals surface area (Å²) in [4.78, 5) is 4.66. The number of fused-ring (bicyclic) bond motifs is 2. The van der Waals surface area contributed by atoms with Crippen LogP contribution in [0.1, 0.15) is 18.4 Å². The molecule has 1 aliphatic rings. The summed E-state index contributed by atoms with van der Waals surface area (Å²) >= 11 is 3.37. The molecule has 0 radical (unpaired) electrons. The van der Waals surface area contributed by atoms with Crippen LogP contribution in [0.15, 0.2) is 23.2 Å².